The average molecular weight is 234 g/mol. The van der Waals surface area contributed by atoms with Crippen molar-refractivity contribution in [3.63, 3.8) is 0 Å². The monoisotopic (exact) mass is 234 g/mol. The maximum atomic E-state index is 11.8. The van der Waals surface area contributed by atoms with Gasteiger partial charge in [0.2, 0.25) is 5.91 Å². The van der Waals surface area contributed by atoms with E-state index in [1.165, 1.54) is 5.56 Å². The first-order valence-corrected chi connectivity index (χ1v) is 6.01. The summed E-state index contributed by atoms with van der Waals surface area (Å²) in [5, 5.41) is 6.09. The summed E-state index contributed by atoms with van der Waals surface area (Å²) in [6.07, 6.45) is 0.761. The van der Waals surface area contributed by atoms with Crippen LogP contribution in [0.25, 0.3) is 0 Å². The molecule has 1 atom stereocenters. The SMILES string of the molecule is CCOCCNC(=O)C1Cc2ccccc2N1. The first kappa shape index (κ1) is 11.9. The van der Waals surface area contributed by atoms with Crippen molar-refractivity contribution in [1.82, 2.24) is 5.32 Å². The van der Waals surface area contributed by atoms with Gasteiger partial charge in [-0.1, -0.05) is 18.2 Å². The zero-order valence-electron chi connectivity index (χ0n) is 10.0. The summed E-state index contributed by atoms with van der Waals surface area (Å²) in [5.41, 5.74) is 2.27. The molecule has 1 aromatic rings. The number of anilines is 1. The lowest BCUT2D eigenvalue weighted by Crippen LogP contribution is -2.39. The van der Waals surface area contributed by atoms with Gasteiger partial charge in [0, 0.05) is 25.3 Å². The zero-order valence-corrected chi connectivity index (χ0v) is 10.0. The van der Waals surface area contributed by atoms with E-state index in [0.717, 1.165) is 12.1 Å². The second-order valence-electron chi connectivity index (χ2n) is 4.05. The Kier molecular flexibility index (Phi) is 3.98. The Morgan fingerprint density at radius 1 is 1.53 bits per heavy atom. The predicted octanol–water partition coefficient (Wildman–Crippen LogP) is 1.18. The lowest BCUT2D eigenvalue weighted by atomic mass is 10.1. The van der Waals surface area contributed by atoms with Gasteiger partial charge in [-0.3, -0.25) is 4.79 Å². The Morgan fingerprint density at radius 2 is 2.35 bits per heavy atom. The number of rotatable bonds is 5. The second-order valence-corrected chi connectivity index (χ2v) is 4.05. The van der Waals surface area contributed by atoms with Crippen molar-refractivity contribution in [3.8, 4) is 0 Å². The van der Waals surface area contributed by atoms with E-state index in [-0.39, 0.29) is 11.9 Å². The molecule has 0 fully saturated rings. The fraction of sp³-hybridized carbons (Fsp3) is 0.462. The molecule has 4 nitrogen and oxygen atoms in total. The number of carbonyl (C=O) groups excluding carboxylic acids is 1. The fourth-order valence-corrected chi connectivity index (χ4v) is 1.97. The topological polar surface area (TPSA) is 50.4 Å². The summed E-state index contributed by atoms with van der Waals surface area (Å²) >= 11 is 0. The van der Waals surface area contributed by atoms with Crippen LogP contribution < -0.4 is 10.6 Å². The molecule has 1 amide bonds. The van der Waals surface area contributed by atoms with Crippen LogP contribution in [0.5, 0.6) is 0 Å². The van der Waals surface area contributed by atoms with E-state index in [2.05, 4.69) is 16.7 Å². The number of ether oxygens (including phenoxy) is 1. The molecule has 1 aliphatic rings. The lowest BCUT2D eigenvalue weighted by molar-refractivity contribution is -0.121. The summed E-state index contributed by atoms with van der Waals surface area (Å²) in [6.45, 7) is 3.77. The van der Waals surface area contributed by atoms with E-state index in [4.69, 9.17) is 4.74 Å². The van der Waals surface area contributed by atoms with Crippen LogP contribution in [0.3, 0.4) is 0 Å². The van der Waals surface area contributed by atoms with E-state index < -0.39 is 0 Å². The van der Waals surface area contributed by atoms with Crippen molar-refractivity contribution in [2.45, 2.75) is 19.4 Å². The highest BCUT2D eigenvalue weighted by atomic mass is 16.5. The summed E-state index contributed by atoms with van der Waals surface area (Å²) in [7, 11) is 0. The number of hydrogen-bond acceptors (Lipinski definition) is 3. The highest BCUT2D eigenvalue weighted by Gasteiger charge is 2.25. The molecule has 0 aromatic heterocycles. The van der Waals surface area contributed by atoms with E-state index >= 15 is 0 Å². The lowest BCUT2D eigenvalue weighted by Gasteiger charge is -2.11. The van der Waals surface area contributed by atoms with E-state index in [9.17, 15) is 4.79 Å². The van der Waals surface area contributed by atoms with Gasteiger partial charge < -0.3 is 15.4 Å². The maximum absolute atomic E-state index is 11.8. The van der Waals surface area contributed by atoms with Gasteiger partial charge in [0.25, 0.3) is 0 Å². The molecule has 2 N–H and O–H groups in total. The molecule has 2 rings (SSSR count). The van der Waals surface area contributed by atoms with Crippen molar-refractivity contribution in [2.75, 3.05) is 25.1 Å². The number of fused-ring (bicyclic) bond motifs is 1. The normalized spacial score (nSPS) is 17.4. The van der Waals surface area contributed by atoms with Gasteiger partial charge in [-0.25, -0.2) is 0 Å². The van der Waals surface area contributed by atoms with Crippen LogP contribution in [-0.2, 0) is 16.0 Å². The van der Waals surface area contributed by atoms with Crippen molar-refractivity contribution in [3.05, 3.63) is 29.8 Å². The molecule has 1 heterocycles. The first-order chi connectivity index (χ1) is 8.31. The molecular formula is C13H18N2O2. The van der Waals surface area contributed by atoms with Crippen LogP contribution in [0, 0.1) is 0 Å². The van der Waals surface area contributed by atoms with Crippen LogP contribution in [0.1, 0.15) is 12.5 Å². The molecule has 92 valence electrons. The predicted molar refractivity (Wildman–Crippen MR) is 67.1 cm³/mol. The van der Waals surface area contributed by atoms with Crippen LogP contribution in [0.2, 0.25) is 0 Å². The Bertz CT molecular complexity index is 368. The van der Waals surface area contributed by atoms with E-state index in [0.29, 0.717) is 19.8 Å². The Balaban J connectivity index is 1.80. The number of benzene rings is 1. The van der Waals surface area contributed by atoms with Gasteiger partial charge in [0.05, 0.1) is 6.61 Å². The van der Waals surface area contributed by atoms with Crippen molar-refractivity contribution in [2.24, 2.45) is 0 Å². The molecule has 0 radical (unpaired) electrons. The number of para-hydroxylation sites is 1. The van der Waals surface area contributed by atoms with Gasteiger partial charge in [-0.15, -0.1) is 0 Å². The van der Waals surface area contributed by atoms with Crippen LogP contribution in [-0.4, -0.2) is 31.7 Å². The summed E-state index contributed by atoms with van der Waals surface area (Å²) in [5.74, 6) is 0.0425. The van der Waals surface area contributed by atoms with Crippen molar-refractivity contribution in [1.29, 1.82) is 0 Å². The van der Waals surface area contributed by atoms with Gasteiger partial charge in [0.1, 0.15) is 6.04 Å². The Hall–Kier alpha value is -1.55. The fourth-order valence-electron chi connectivity index (χ4n) is 1.97. The third kappa shape index (κ3) is 2.97. The van der Waals surface area contributed by atoms with Gasteiger partial charge >= 0.3 is 0 Å². The minimum absolute atomic E-state index is 0.0425. The quantitative estimate of drug-likeness (QED) is 0.752. The highest BCUT2D eigenvalue weighted by molar-refractivity contribution is 5.87. The Morgan fingerprint density at radius 3 is 3.12 bits per heavy atom. The largest absolute Gasteiger partial charge is 0.380 e. The summed E-state index contributed by atoms with van der Waals surface area (Å²) in [4.78, 5) is 11.8. The molecule has 0 spiro atoms. The summed E-state index contributed by atoms with van der Waals surface area (Å²) in [6, 6.07) is 7.88. The molecule has 0 saturated carbocycles. The minimum atomic E-state index is -0.144. The third-order valence-corrected chi connectivity index (χ3v) is 2.84. The molecule has 17 heavy (non-hydrogen) atoms. The Labute approximate surface area is 101 Å². The molecular weight excluding hydrogens is 216 g/mol. The molecule has 0 aliphatic carbocycles. The molecule has 0 bridgehead atoms. The highest BCUT2D eigenvalue weighted by Crippen LogP contribution is 2.24. The zero-order chi connectivity index (χ0) is 12.1. The third-order valence-electron chi connectivity index (χ3n) is 2.84. The number of nitrogens with one attached hydrogen (secondary N) is 2. The first-order valence-electron chi connectivity index (χ1n) is 6.01. The second kappa shape index (κ2) is 5.68. The molecule has 1 aliphatic heterocycles. The molecule has 0 saturated heterocycles. The standard InChI is InChI=1S/C13H18N2O2/c1-2-17-8-7-14-13(16)12-9-10-5-3-4-6-11(10)15-12/h3-6,12,15H,2,7-9H2,1H3,(H,14,16). The van der Waals surface area contributed by atoms with E-state index in [1.54, 1.807) is 0 Å². The van der Waals surface area contributed by atoms with Crippen molar-refractivity contribution >= 4 is 11.6 Å². The molecule has 1 unspecified atom stereocenters. The molecule has 1 aromatic carbocycles. The smallest absolute Gasteiger partial charge is 0.242 e. The maximum Gasteiger partial charge on any atom is 0.242 e. The van der Waals surface area contributed by atoms with Gasteiger partial charge in [0.15, 0.2) is 0 Å². The number of carbonyl (C=O) groups is 1. The minimum Gasteiger partial charge on any atom is -0.380 e. The summed E-state index contributed by atoms with van der Waals surface area (Å²) < 4.78 is 5.17. The average Bonchev–Trinajstić information content (AvgIpc) is 2.78. The van der Waals surface area contributed by atoms with Crippen LogP contribution >= 0.6 is 0 Å². The molecule has 4 heteroatoms. The van der Waals surface area contributed by atoms with Gasteiger partial charge in [-0.2, -0.15) is 0 Å². The van der Waals surface area contributed by atoms with Crippen molar-refractivity contribution < 1.29 is 9.53 Å². The van der Waals surface area contributed by atoms with Gasteiger partial charge in [-0.05, 0) is 18.6 Å². The van der Waals surface area contributed by atoms with E-state index in [1.807, 2.05) is 25.1 Å². The number of amides is 1. The van der Waals surface area contributed by atoms with Crippen LogP contribution in [0.15, 0.2) is 24.3 Å². The van der Waals surface area contributed by atoms with Crippen LogP contribution in [0.4, 0.5) is 5.69 Å². The number of hydrogen-bond donors (Lipinski definition) is 2.